The van der Waals surface area contributed by atoms with Gasteiger partial charge in [-0.1, -0.05) is 90.1 Å². The van der Waals surface area contributed by atoms with E-state index in [4.69, 9.17) is 4.74 Å². The van der Waals surface area contributed by atoms with Gasteiger partial charge in [0.25, 0.3) is 0 Å². The van der Waals surface area contributed by atoms with Gasteiger partial charge in [-0.3, -0.25) is 0 Å². The Kier molecular flexibility index (Phi) is 8.01. The zero-order chi connectivity index (χ0) is 24.6. The standard InChI is InChI=1S/C29H29N3O/c1-28(2,3)25-16-21(17-26(33-25)29(4,5)6)12-10-11-15-23(18-30)27(24(19-31)20-32)22-13-8-7-9-14-22/h7-17H,1-6H3/b11-10+,23-15+. The Bertz CT molecular complexity index is 1150. The van der Waals surface area contributed by atoms with Crippen LogP contribution >= 0.6 is 0 Å². The molecule has 0 spiro atoms. The minimum atomic E-state index is -0.137. The van der Waals surface area contributed by atoms with Crippen molar-refractivity contribution in [2.24, 2.45) is 10.8 Å². The maximum atomic E-state index is 9.74. The molecule has 1 aromatic rings. The number of rotatable bonds is 4. The van der Waals surface area contributed by atoms with Gasteiger partial charge in [0.05, 0.1) is 11.6 Å². The molecule has 4 nitrogen and oxygen atoms in total. The highest BCUT2D eigenvalue weighted by molar-refractivity contribution is 5.89. The first-order valence-corrected chi connectivity index (χ1v) is 10.7. The van der Waals surface area contributed by atoms with Crippen molar-refractivity contribution in [2.45, 2.75) is 41.5 Å². The monoisotopic (exact) mass is 435 g/mol. The zero-order valence-electron chi connectivity index (χ0n) is 20.1. The second-order valence-electron chi connectivity index (χ2n) is 9.70. The molecule has 0 fully saturated rings. The van der Waals surface area contributed by atoms with Crippen LogP contribution in [0.3, 0.4) is 0 Å². The first kappa shape index (κ1) is 25.2. The number of benzene rings is 1. The third kappa shape index (κ3) is 6.70. The van der Waals surface area contributed by atoms with Crippen LogP contribution in [0.15, 0.2) is 95.0 Å². The largest absolute Gasteiger partial charge is 0.465 e. The summed E-state index contributed by atoms with van der Waals surface area (Å²) in [6, 6.07) is 14.9. The lowest BCUT2D eigenvalue weighted by Crippen LogP contribution is -2.21. The van der Waals surface area contributed by atoms with E-state index in [9.17, 15) is 15.8 Å². The number of nitriles is 3. The molecule has 0 amide bonds. The van der Waals surface area contributed by atoms with E-state index in [0.29, 0.717) is 11.1 Å². The Hall–Kier alpha value is -4.07. The Balaban J connectivity index is 2.48. The van der Waals surface area contributed by atoms with Crippen molar-refractivity contribution in [3.8, 4) is 18.2 Å². The first-order valence-electron chi connectivity index (χ1n) is 10.7. The van der Waals surface area contributed by atoms with Crippen LogP contribution in [0.5, 0.6) is 0 Å². The van der Waals surface area contributed by atoms with E-state index >= 15 is 0 Å². The average Bonchev–Trinajstić information content (AvgIpc) is 2.77. The normalized spacial score (nSPS) is 14.3. The number of hydrogen-bond acceptors (Lipinski definition) is 4. The van der Waals surface area contributed by atoms with E-state index in [-0.39, 0.29) is 22.0 Å². The molecule has 0 saturated carbocycles. The van der Waals surface area contributed by atoms with E-state index < -0.39 is 0 Å². The second kappa shape index (κ2) is 10.5. The summed E-state index contributed by atoms with van der Waals surface area (Å²) in [7, 11) is 0. The maximum Gasteiger partial charge on any atom is 0.138 e. The molecule has 0 saturated heterocycles. The second-order valence-corrected chi connectivity index (χ2v) is 9.70. The van der Waals surface area contributed by atoms with Crippen molar-refractivity contribution >= 4 is 5.57 Å². The van der Waals surface area contributed by atoms with Gasteiger partial charge in [0.2, 0.25) is 0 Å². The maximum absolute atomic E-state index is 9.74. The van der Waals surface area contributed by atoms with Crippen molar-refractivity contribution < 1.29 is 4.74 Å². The summed E-state index contributed by atoms with van der Waals surface area (Å²) in [6.07, 6.45) is 11.2. The van der Waals surface area contributed by atoms with Crippen LogP contribution in [0.2, 0.25) is 0 Å². The topological polar surface area (TPSA) is 80.6 Å². The van der Waals surface area contributed by atoms with Crippen LogP contribution in [0.1, 0.15) is 47.1 Å². The van der Waals surface area contributed by atoms with Gasteiger partial charge >= 0.3 is 0 Å². The van der Waals surface area contributed by atoms with Crippen molar-refractivity contribution in [1.29, 1.82) is 15.8 Å². The molecular formula is C29H29N3O. The van der Waals surface area contributed by atoms with Crippen LogP contribution in [0.4, 0.5) is 0 Å². The average molecular weight is 436 g/mol. The fourth-order valence-electron chi connectivity index (χ4n) is 3.03. The van der Waals surface area contributed by atoms with Crippen LogP contribution in [-0.2, 0) is 4.74 Å². The molecule has 0 N–H and O–H groups in total. The SMILES string of the molecule is CC(C)(C)C1=CC(=C/C=C/C=C(\C#N)C(=C(C#N)C#N)c2ccccc2)C=C(C(C)(C)C)O1. The van der Waals surface area contributed by atoms with E-state index in [1.165, 1.54) is 0 Å². The third-order valence-electron chi connectivity index (χ3n) is 4.88. The van der Waals surface area contributed by atoms with Gasteiger partial charge in [-0.2, -0.15) is 15.8 Å². The van der Waals surface area contributed by atoms with Crippen molar-refractivity contribution in [3.63, 3.8) is 0 Å². The Morgan fingerprint density at radius 1 is 0.788 bits per heavy atom. The molecule has 0 aliphatic carbocycles. The fraction of sp³-hybridized carbons (Fsp3) is 0.276. The van der Waals surface area contributed by atoms with E-state index in [1.807, 2.05) is 42.5 Å². The quantitative estimate of drug-likeness (QED) is 0.367. The molecule has 1 heterocycles. The molecule has 0 bridgehead atoms. The molecule has 166 valence electrons. The lowest BCUT2D eigenvalue weighted by atomic mass is 9.87. The van der Waals surface area contributed by atoms with E-state index in [2.05, 4.69) is 47.6 Å². The van der Waals surface area contributed by atoms with Crippen molar-refractivity contribution in [2.75, 3.05) is 0 Å². The summed E-state index contributed by atoms with van der Waals surface area (Å²) in [5.74, 6) is 1.79. The van der Waals surface area contributed by atoms with Gasteiger partial charge in [-0.25, -0.2) is 0 Å². The van der Waals surface area contributed by atoms with Gasteiger partial charge in [0, 0.05) is 16.4 Å². The number of hydrogen-bond donors (Lipinski definition) is 0. The Morgan fingerprint density at radius 3 is 1.79 bits per heavy atom. The molecule has 2 rings (SSSR count). The summed E-state index contributed by atoms with van der Waals surface area (Å²) in [5.41, 5.74) is 1.85. The van der Waals surface area contributed by atoms with Gasteiger partial charge in [0.15, 0.2) is 0 Å². The lowest BCUT2D eigenvalue weighted by Gasteiger charge is -2.32. The highest BCUT2D eigenvalue weighted by atomic mass is 16.5. The zero-order valence-corrected chi connectivity index (χ0v) is 20.1. The van der Waals surface area contributed by atoms with Gasteiger partial charge in [-0.15, -0.1) is 0 Å². The molecular weight excluding hydrogens is 406 g/mol. The Morgan fingerprint density at radius 2 is 1.33 bits per heavy atom. The molecule has 4 heteroatoms. The van der Waals surface area contributed by atoms with Gasteiger partial charge in [0.1, 0.15) is 29.2 Å². The summed E-state index contributed by atoms with van der Waals surface area (Å²) >= 11 is 0. The van der Waals surface area contributed by atoms with Crippen molar-refractivity contribution in [3.05, 3.63) is 101 Å². The van der Waals surface area contributed by atoms with E-state index in [1.54, 1.807) is 36.4 Å². The van der Waals surface area contributed by atoms with Crippen LogP contribution < -0.4 is 0 Å². The van der Waals surface area contributed by atoms with E-state index in [0.717, 1.165) is 17.1 Å². The molecule has 0 aromatic heterocycles. The molecule has 1 aromatic carbocycles. The van der Waals surface area contributed by atoms with Crippen molar-refractivity contribution in [1.82, 2.24) is 0 Å². The molecule has 0 atom stereocenters. The van der Waals surface area contributed by atoms with Crippen LogP contribution in [0, 0.1) is 44.8 Å². The minimum absolute atomic E-state index is 0.0966. The predicted molar refractivity (Wildman–Crippen MR) is 132 cm³/mol. The summed E-state index contributed by atoms with van der Waals surface area (Å²) < 4.78 is 6.17. The number of ether oxygens (including phenoxy) is 1. The summed E-state index contributed by atoms with van der Waals surface area (Å²) in [5, 5.41) is 28.5. The minimum Gasteiger partial charge on any atom is -0.465 e. The predicted octanol–water partition coefficient (Wildman–Crippen LogP) is 7.31. The Labute approximate surface area is 197 Å². The number of nitrogens with zero attached hydrogens (tertiary/aromatic N) is 3. The lowest BCUT2D eigenvalue weighted by molar-refractivity contribution is 0.161. The van der Waals surface area contributed by atoms with Crippen LogP contribution in [0.25, 0.3) is 5.57 Å². The molecule has 0 radical (unpaired) electrons. The van der Waals surface area contributed by atoms with Gasteiger partial charge < -0.3 is 4.74 Å². The van der Waals surface area contributed by atoms with Gasteiger partial charge in [-0.05, 0) is 29.4 Å². The summed E-state index contributed by atoms with van der Waals surface area (Å²) in [6.45, 7) is 12.7. The molecule has 1 aliphatic rings. The highest BCUT2D eigenvalue weighted by Gasteiger charge is 2.28. The molecule has 33 heavy (non-hydrogen) atoms. The highest BCUT2D eigenvalue weighted by Crippen LogP contribution is 2.38. The molecule has 1 aliphatic heterocycles. The first-order chi connectivity index (χ1) is 15.5. The number of allylic oxidation sites excluding steroid dienone is 12. The smallest absolute Gasteiger partial charge is 0.138 e. The van der Waals surface area contributed by atoms with Crippen LogP contribution in [-0.4, -0.2) is 0 Å². The summed E-state index contributed by atoms with van der Waals surface area (Å²) in [4.78, 5) is 0. The fourth-order valence-corrected chi connectivity index (χ4v) is 3.03. The third-order valence-corrected chi connectivity index (χ3v) is 4.88. The molecule has 0 unspecified atom stereocenters.